The molecule has 1 aliphatic carbocycles. The Balaban J connectivity index is 1.61. The van der Waals surface area contributed by atoms with Crippen LogP contribution in [-0.2, 0) is 12.8 Å². The maximum atomic E-state index is 13.2. The summed E-state index contributed by atoms with van der Waals surface area (Å²) in [7, 11) is 0. The normalized spacial score (nSPS) is 13.6. The number of nitrogens with one attached hydrogen (secondary N) is 1. The van der Waals surface area contributed by atoms with Crippen molar-refractivity contribution in [1.82, 2.24) is 9.55 Å². The van der Waals surface area contributed by atoms with Crippen LogP contribution in [0, 0.1) is 4.77 Å². The average molecular weight is 487 g/mol. The number of carbonyl (C=O) groups excluding carboxylic acids is 1. The van der Waals surface area contributed by atoms with E-state index in [1.165, 1.54) is 4.88 Å². The summed E-state index contributed by atoms with van der Waals surface area (Å²) < 4.78 is 7.82. The van der Waals surface area contributed by atoms with Gasteiger partial charge in [-0.15, -0.1) is 11.3 Å². The number of thiophene rings is 1. The number of aryl methyl sites for hydroxylation is 2. The van der Waals surface area contributed by atoms with Crippen LogP contribution in [-0.4, -0.2) is 15.5 Å². The van der Waals surface area contributed by atoms with Gasteiger partial charge in [-0.1, -0.05) is 28.1 Å². The first-order valence-electron chi connectivity index (χ1n) is 9.23. The molecule has 1 aliphatic rings. The maximum Gasteiger partial charge on any atom is 0.302 e. The second kappa shape index (κ2) is 7.19. The van der Waals surface area contributed by atoms with Crippen molar-refractivity contribution in [2.24, 2.45) is 0 Å². The van der Waals surface area contributed by atoms with Crippen molar-refractivity contribution in [3.05, 3.63) is 72.2 Å². The molecule has 3 aromatic heterocycles. The number of carbonyl (C=O) groups is 1. The molecule has 1 aromatic carbocycles. The number of fused-ring (bicyclic) bond motifs is 3. The zero-order valence-corrected chi connectivity index (χ0v) is 18.4. The summed E-state index contributed by atoms with van der Waals surface area (Å²) in [6, 6.07) is 10.9. The van der Waals surface area contributed by atoms with Crippen LogP contribution in [0.4, 0.5) is 0 Å². The molecule has 0 atom stereocenters. The Morgan fingerprint density at radius 2 is 1.90 bits per heavy atom. The zero-order valence-electron chi connectivity index (χ0n) is 15.2. The summed E-state index contributed by atoms with van der Waals surface area (Å²) in [5, 5.41) is 0.589. The molecule has 5 rings (SSSR count). The lowest BCUT2D eigenvalue weighted by Gasteiger charge is -2.10. The third-order valence-corrected chi connectivity index (χ3v) is 7.18. The minimum atomic E-state index is -0.558. The number of aromatic amines is 1. The molecule has 3 heterocycles. The Hall–Kier alpha value is -2.29. The molecule has 0 bridgehead atoms. The monoisotopic (exact) mass is 486 g/mol. The van der Waals surface area contributed by atoms with Crippen molar-refractivity contribution >= 4 is 55.6 Å². The Morgan fingerprint density at radius 1 is 1.14 bits per heavy atom. The van der Waals surface area contributed by atoms with Gasteiger partial charge in [-0.3, -0.25) is 9.59 Å². The molecule has 4 aromatic rings. The van der Waals surface area contributed by atoms with Gasteiger partial charge in [0.25, 0.3) is 5.56 Å². The van der Waals surface area contributed by atoms with E-state index in [4.69, 9.17) is 16.6 Å². The minimum absolute atomic E-state index is 0.0768. The van der Waals surface area contributed by atoms with E-state index >= 15 is 0 Å². The third kappa shape index (κ3) is 3.15. The largest absolute Gasteiger partial charge is 0.451 e. The molecule has 5 nitrogen and oxygen atoms in total. The fraction of sp³-hybridized carbons (Fsp3) is 0.190. The highest BCUT2D eigenvalue weighted by Crippen LogP contribution is 2.33. The quantitative estimate of drug-likeness (QED) is 0.368. The summed E-state index contributed by atoms with van der Waals surface area (Å²) in [4.78, 5) is 31.4. The van der Waals surface area contributed by atoms with E-state index in [9.17, 15) is 9.59 Å². The van der Waals surface area contributed by atoms with E-state index in [0.717, 1.165) is 50.7 Å². The smallest absolute Gasteiger partial charge is 0.302 e. The first kappa shape index (κ1) is 18.7. The summed E-state index contributed by atoms with van der Waals surface area (Å²) in [6.07, 6.45) is 4.00. The van der Waals surface area contributed by atoms with Gasteiger partial charge in [0.05, 0.1) is 5.39 Å². The molecule has 0 unspecified atom stereocenters. The molecule has 0 spiro atoms. The molecule has 29 heavy (non-hydrogen) atoms. The number of furan rings is 1. The van der Waals surface area contributed by atoms with Crippen LogP contribution in [0.5, 0.6) is 0 Å². The van der Waals surface area contributed by atoms with Gasteiger partial charge in [0, 0.05) is 14.9 Å². The molecule has 146 valence electrons. The number of benzene rings is 1. The van der Waals surface area contributed by atoms with Crippen LogP contribution >= 0.6 is 39.5 Å². The van der Waals surface area contributed by atoms with Crippen molar-refractivity contribution in [2.45, 2.75) is 25.7 Å². The Bertz CT molecular complexity index is 1380. The number of aromatic nitrogens is 2. The SMILES string of the molecule is O=C(c1ccc(-c2ccc(Br)cc2)o1)n1c(=S)[nH]c2sc3c(c2c1=O)CCCC3. The van der Waals surface area contributed by atoms with Crippen LogP contribution in [0.25, 0.3) is 21.5 Å². The summed E-state index contributed by atoms with van der Waals surface area (Å²) in [5.74, 6) is 0.0722. The first-order chi connectivity index (χ1) is 14.0. The van der Waals surface area contributed by atoms with Gasteiger partial charge in [0.15, 0.2) is 10.5 Å². The lowest BCUT2D eigenvalue weighted by atomic mass is 9.97. The predicted octanol–water partition coefficient (Wildman–Crippen LogP) is 5.71. The van der Waals surface area contributed by atoms with Crippen LogP contribution < -0.4 is 5.56 Å². The molecule has 0 fully saturated rings. The molecule has 0 saturated heterocycles. The predicted molar refractivity (Wildman–Crippen MR) is 119 cm³/mol. The van der Waals surface area contributed by atoms with Crippen LogP contribution in [0.3, 0.4) is 0 Å². The van der Waals surface area contributed by atoms with Crippen molar-refractivity contribution in [2.75, 3.05) is 0 Å². The fourth-order valence-electron chi connectivity index (χ4n) is 3.75. The second-order valence-electron chi connectivity index (χ2n) is 6.96. The lowest BCUT2D eigenvalue weighted by Crippen LogP contribution is -2.29. The highest BCUT2D eigenvalue weighted by Gasteiger charge is 2.24. The van der Waals surface area contributed by atoms with Gasteiger partial charge in [0.2, 0.25) is 0 Å². The van der Waals surface area contributed by atoms with Gasteiger partial charge in [-0.05, 0) is 67.7 Å². The second-order valence-corrected chi connectivity index (χ2v) is 9.37. The van der Waals surface area contributed by atoms with E-state index < -0.39 is 5.91 Å². The van der Waals surface area contributed by atoms with Crippen LogP contribution in [0.1, 0.15) is 33.8 Å². The molecule has 0 radical (unpaired) electrons. The number of H-pyrrole nitrogens is 1. The zero-order chi connectivity index (χ0) is 20.1. The fourth-order valence-corrected chi connectivity index (χ4v) is 5.63. The van der Waals surface area contributed by atoms with Crippen molar-refractivity contribution in [3.8, 4) is 11.3 Å². The van der Waals surface area contributed by atoms with Gasteiger partial charge >= 0.3 is 5.91 Å². The minimum Gasteiger partial charge on any atom is -0.451 e. The number of hydrogen-bond donors (Lipinski definition) is 1. The highest BCUT2D eigenvalue weighted by atomic mass is 79.9. The summed E-state index contributed by atoms with van der Waals surface area (Å²) in [6.45, 7) is 0. The standard InChI is InChI=1S/C21H15BrN2O3S2/c22-12-7-5-11(6-8-12)14-9-10-15(27-14)19(25)24-20(26)17-13-3-1-2-4-16(13)29-18(17)23-21(24)28/h5-10H,1-4H2,(H,23,28). The Morgan fingerprint density at radius 3 is 2.69 bits per heavy atom. The van der Waals surface area contributed by atoms with Gasteiger partial charge in [0.1, 0.15) is 10.6 Å². The van der Waals surface area contributed by atoms with Crippen molar-refractivity contribution in [1.29, 1.82) is 0 Å². The lowest BCUT2D eigenvalue weighted by molar-refractivity contribution is 0.0927. The van der Waals surface area contributed by atoms with E-state index in [-0.39, 0.29) is 16.1 Å². The molecular weight excluding hydrogens is 472 g/mol. The summed E-state index contributed by atoms with van der Waals surface area (Å²) >= 11 is 10.3. The topological polar surface area (TPSA) is 68.0 Å². The molecular formula is C21H15BrN2O3S2. The first-order valence-corrected chi connectivity index (χ1v) is 11.2. The summed E-state index contributed by atoms with van der Waals surface area (Å²) in [5.41, 5.74) is 1.53. The molecule has 1 N–H and O–H groups in total. The Labute approximate surface area is 183 Å². The van der Waals surface area contributed by atoms with Gasteiger partial charge < -0.3 is 9.40 Å². The number of nitrogens with zero attached hydrogens (tertiary/aromatic N) is 1. The van der Waals surface area contributed by atoms with E-state index in [1.807, 2.05) is 24.3 Å². The molecule has 0 saturated carbocycles. The van der Waals surface area contributed by atoms with Crippen molar-refractivity contribution in [3.63, 3.8) is 0 Å². The van der Waals surface area contributed by atoms with E-state index in [1.54, 1.807) is 23.5 Å². The van der Waals surface area contributed by atoms with Gasteiger partial charge in [-0.2, -0.15) is 0 Å². The number of halogens is 1. The van der Waals surface area contributed by atoms with E-state index in [2.05, 4.69) is 20.9 Å². The number of hydrogen-bond acceptors (Lipinski definition) is 5. The molecule has 0 aliphatic heterocycles. The highest BCUT2D eigenvalue weighted by molar-refractivity contribution is 9.10. The number of rotatable bonds is 2. The average Bonchev–Trinajstić information content (AvgIpc) is 3.33. The third-order valence-electron chi connectivity index (χ3n) is 5.16. The Kier molecular flexibility index (Phi) is 4.64. The van der Waals surface area contributed by atoms with Crippen LogP contribution in [0.15, 0.2) is 50.1 Å². The molecule has 8 heteroatoms. The van der Waals surface area contributed by atoms with Gasteiger partial charge in [-0.25, -0.2) is 4.57 Å². The van der Waals surface area contributed by atoms with E-state index in [0.29, 0.717) is 11.1 Å². The van der Waals surface area contributed by atoms with Crippen LogP contribution in [0.2, 0.25) is 0 Å². The molecule has 0 amide bonds. The van der Waals surface area contributed by atoms with Crippen molar-refractivity contribution < 1.29 is 9.21 Å². The maximum absolute atomic E-state index is 13.2.